The molecule has 1 N–H and O–H groups in total. The van der Waals surface area contributed by atoms with E-state index in [0.29, 0.717) is 12.3 Å². The standard InChI is InChI=1S/C17H23NO3/c1-20-15-7-9-16(10-8-15)21-13-17(19)18-12-11-14-5-3-2-4-6-14/h5,7-10H,2-4,6,11-13H2,1H3,(H,18,19). The van der Waals surface area contributed by atoms with E-state index in [-0.39, 0.29) is 12.5 Å². The molecule has 1 aromatic carbocycles. The van der Waals surface area contributed by atoms with Crippen LogP contribution in [0.1, 0.15) is 32.1 Å². The van der Waals surface area contributed by atoms with Gasteiger partial charge >= 0.3 is 0 Å². The molecule has 4 heteroatoms. The van der Waals surface area contributed by atoms with E-state index in [9.17, 15) is 4.79 Å². The average molecular weight is 289 g/mol. The number of carbonyl (C=O) groups excluding carboxylic acids is 1. The van der Waals surface area contributed by atoms with Crippen molar-refractivity contribution in [3.8, 4) is 11.5 Å². The second-order valence-electron chi connectivity index (χ2n) is 5.17. The molecule has 21 heavy (non-hydrogen) atoms. The number of allylic oxidation sites excluding steroid dienone is 1. The molecule has 0 saturated carbocycles. The van der Waals surface area contributed by atoms with Crippen molar-refractivity contribution in [2.45, 2.75) is 32.1 Å². The predicted molar refractivity (Wildman–Crippen MR) is 82.7 cm³/mol. The number of amides is 1. The van der Waals surface area contributed by atoms with E-state index >= 15 is 0 Å². The Morgan fingerprint density at radius 2 is 1.95 bits per heavy atom. The number of carbonyl (C=O) groups is 1. The molecule has 114 valence electrons. The van der Waals surface area contributed by atoms with E-state index in [1.165, 1.54) is 31.3 Å². The molecule has 0 heterocycles. The molecule has 0 atom stereocenters. The molecule has 0 unspecified atom stereocenters. The lowest BCUT2D eigenvalue weighted by Gasteiger charge is -2.13. The Bertz CT molecular complexity index is 479. The fraction of sp³-hybridized carbons (Fsp3) is 0.471. The lowest BCUT2D eigenvalue weighted by molar-refractivity contribution is -0.123. The van der Waals surface area contributed by atoms with Crippen LogP contribution in [0.5, 0.6) is 11.5 Å². The third-order valence-corrected chi connectivity index (χ3v) is 3.58. The summed E-state index contributed by atoms with van der Waals surface area (Å²) in [7, 11) is 1.62. The van der Waals surface area contributed by atoms with Crippen molar-refractivity contribution in [1.29, 1.82) is 0 Å². The summed E-state index contributed by atoms with van der Waals surface area (Å²) in [5.74, 6) is 1.36. The summed E-state index contributed by atoms with van der Waals surface area (Å²) in [6.07, 6.45) is 8.20. The molecule has 0 aliphatic heterocycles. The van der Waals surface area contributed by atoms with E-state index < -0.39 is 0 Å². The van der Waals surface area contributed by atoms with E-state index in [1.54, 1.807) is 19.2 Å². The van der Waals surface area contributed by atoms with Gasteiger partial charge in [-0.05, 0) is 56.4 Å². The van der Waals surface area contributed by atoms with Gasteiger partial charge in [-0.1, -0.05) is 11.6 Å². The van der Waals surface area contributed by atoms with Crippen LogP contribution >= 0.6 is 0 Å². The minimum absolute atomic E-state index is 0.0470. The molecule has 0 aromatic heterocycles. The predicted octanol–water partition coefficient (Wildman–Crippen LogP) is 3.08. The number of benzene rings is 1. The smallest absolute Gasteiger partial charge is 0.257 e. The highest BCUT2D eigenvalue weighted by atomic mass is 16.5. The zero-order valence-corrected chi connectivity index (χ0v) is 12.6. The van der Waals surface area contributed by atoms with E-state index in [2.05, 4.69) is 11.4 Å². The SMILES string of the molecule is COc1ccc(OCC(=O)NCCC2=CCCCC2)cc1. The van der Waals surface area contributed by atoms with Crippen LogP contribution in [-0.2, 0) is 4.79 Å². The van der Waals surface area contributed by atoms with Crippen molar-refractivity contribution in [2.75, 3.05) is 20.3 Å². The Labute approximate surface area is 126 Å². The lowest BCUT2D eigenvalue weighted by Crippen LogP contribution is -2.29. The van der Waals surface area contributed by atoms with E-state index in [0.717, 1.165) is 12.2 Å². The molecule has 0 bridgehead atoms. The zero-order valence-electron chi connectivity index (χ0n) is 12.6. The van der Waals surface area contributed by atoms with E-state index in [1.807, 2.05) is 12.1 Å². The topological polar surface area (TPSA) is 47.6 Å². The molecule has 4 nitrogen and oxygen atoms in total. The van der Waals surface area contributed by atoms with Crippen LogP contribution in [0.2, 0.25) is 0 Å². The number of ether oxygens (including phenoxy) is 2. The Balaban J connectivity index is 1.63. The molecular formula is C17H23NO3. The van der Waals surface area contributed by atoms with Crippen LogP contribution in [0, 0.1) is 0 Å². The zero-order chi connectivity index (χ0) is 14.9. The Kier molecular flexibility index (Phi) is 6.13. The van der Waals surface area contributed by atoms with Gasteiger partial charge in [-0.2, -0.15) is 0 Å². The van der Waals surface area contributed by atoms with Gasteiger partial charge in [0.15, 0.2) is 6.61 Å². The third-order valence-electron chi connectivity index (χ3n) is 3.58. The summed E-state index contributed by atoms with van der Waals surface area (Å²) in [4.78, 5) is 11.7. The first kappa shape index (κ1) is 15.4. The Hall–Kier alpha value is -1.97. The van der Waals surface area contributed by atoms with Gasteiger partial charge in [0.2, 0.25) is 0 Å². The molecule has 1 aliphatic rings. The van der Waals surface area contributed by atoms with Gasteiger partial charge in [0, 0.05) is 6.54 Å². The van der Waals surface area contributed by atoms with Crippen molar-refractivity contribution in [3.05, 3.63) is 35.9 Å². The Morgan fingerprint density at radius 1 is 1.19 bits per heavy atom. The maximum atomic E-state index is 11.7. The van der Waals surface area contributed by atoms with Gasteiger partial charge in [-0.25, -0.2) is 0 Å². The van der Waals surface area contributed by atoms with Gasteiger partial charge in [0.05, 0.1) is 7.11 Å². The normalized spacial score (nSPS) is 14.2. The molecule has 0 fully saturated rings. The molecule has 1 amide bonds. The van der Waals surface area contributed by atoms with Gasteiger partial charge in [-0.3, -0.25) is 4.79 Å². The van der Waals surface area contributed by atoms with Crippen LogP contribution in [0.3, 0.4) is 0 Å². The van der Waals surface area contributed by atoms with Crippen molar-refractivity contribution in [1.82, 2.24) is 5.32 Å². The number of methoxy groups -OCH3 is 1. The quantitative estimate of drug-likeness (QED) is 0.785. The van der Waals surface area contributed by atoms with Gasteiger partial charge in [0.1, 0.15) is 11.5 Å². The van der Waals surface area contributed by atoms with Crippen LogP contribution in [0.4, 0.5) is 0 Å². The largest absolute Gasteiger partial charge is 0.497 e. The van der Waals surface area contributed by atoms with Crippen LogP contribution in [0.15, 0.2) is 35.9 Å². The second kappa shape index (κ2) is 8.35. The fourth-order valence-corrected chi connectivity index (χ4v) is 2.37. The highest BCUT2D eigenvalue weighted by Gasteiger charge is 2.06. The number of hydrogen-bond donors (Lipinski definition) is 1. The van der Waals surface area contributed by atoms with Crippen LogP contribution in [-0.4, -0.2) is 26.2 Å². The maximum Gasteiger partial charge on any atom is 0.257 e. The molecule has 0 saturated heterocycles. The summed E-state index contributed by atoms with van der Waals surface area (Å²) in [6.45, 7) is 0.738. The third kappa shape index (κ3) is 5.50. The lowest BCUT2D eigenvalue weighted by atomic mass is 9.97. The highest BCUT2D eigenvalue weighted by Crippen LogP contribution is 2.19. The summed E-state index contributed by atoms with van der Waals surface area (Å²) in [5, 5.41) is 2.89. The van der Waals surface area contributed by atoms with Crippen molar-refractivity contribution in [3.63, 3.8) is 0 Å². The first-order valence-electron chi connectivity index (χ1n) is 7.49. The first-order chi connectivity index (χ1) is 10.3. The Morgan fingerprint density at radius 3 is 2.62 bits per heavy atom. The van der Waals surface area contributed by atoms with Crippen molar-refractivity contribution in [2.24, 2.45) is 0 Å². The van der Waals surface area contributed by atoms with Gasteiger partial charge in [-0.15, -0.1) is 0 Å². The monoisotopic (exact) mass is 289 g/mol. The summed E-state index contributed by atoms with van der Waals surface area (Å²) >= 11 is 0. The minimum atomic E-state index is -0.0813. The molecule has 0 spiro atoms. The van der Waals surface area contributed by atoms with Gasteiger partial charge < -0.3 is 14.8 Å². The fourth-order valence-electron chi connectivity index (χ4n) is 2.37. The second-order valence-corrected chi connectivity index (χ2v) is 5.17. The number of hydrogen-bond acceptors (Lipinski definition) is 3. The average Bonchev–Trinajstić information content (AvgIpc) is 2.54. The minimum Gasteiger partial charge on any atom is -0.497 e. The summed E-state index contributed by atoms with van der Waals surface area (Å²) < 4.78 is 10.5. The highest BCUT2D eigenvalue weighted by molar-refractivity contribution is 5.77. The molecule has 2 rings (SSSR count). The summed E-state index contributed by atoms with van der Waals surface area (Å²) in [6, 6.07) is 7.20. The van der Waals surface area contributed by atoms with Gasteiger partial charge in [0.25, 0.3) is 5.91 Å². The molecule has 1 aliphatic carbocycles. The van der Waals surface area contributed by atoms with Crippen LogP contribution < -0.4 is 14.8 Å². The van der Waals surface area contributed by atoms with Crippen LogP contribution in [0.25, 0.3) is 0 Å². The maximum absolute atomic E-state index is 11.7. The molecule has 1 aromatic rings. The summed E-state index contributed by atoms with van der Waals surface area (Å²) in [5.41, 5.74) is 1.47. The first-order valence-corrected chi connectivity index (χ1v) is 7.49. The molecular weight excluding hydrogens is 266 g/mol. The molecule has 0 radical (unpaired) electrons. The van der Waals surface area contributed by atoms with Crippen molar-refractivity contribution < 1.29 is 14.3 Å². The van der Waals surface area contributed by atoms with Crippen molar-refractivity contribution >= 4 is 5.91 Å². The number of nitrogens with one attached hydrogen (secondary N) is 1. The van der Waals surface area contributed by atoms with E-state index in [4.69, 9.17) is 9.47 Å². The number of rotatable bonds is 7.